The SMILES string of the molecule is CC(C)CC(C)(C(=O)OC(C)(C)CCO)C(C)C. The van der Waals surface area contributed by atoms with Gasteiger partial charge < -0.3 is 9.84 Å². The Morgan fingerprint density at radius 3 is 2.00 bits per heavy atom. The second-order valence-corrected chi connectivity index (χ2v) is 6.79. The fourth-order valence-electron chi connectivity index (χ4n) is 2.09. The van der Waals surface area contributed by atoms with E-state index < -0.39 is 11.0 Å². The van der Waals surface area contributed by atoms with E-state index in [1.807, 2.05) is 20.8 Å². The summed E-state index contributed by atoms with van der Waals surface area (Å²) in [6.07, 6.45) is 1.29. The van der Waals surface area contributed by atoms with E-state index >= 15 is 0 Å². The minimum Gasteiger partial charge on any atom is -0.459 e. The van der Waals surface area contributed by atoms with E-state index in [2.05, 4.69) is 27.7 Å². The molecule has 1 atom stereocenters. The van der Waals surface area contributed by atoms with Crippen molar-refractivity contribution in [1.29, 1.82) is 0 Å². The van der Waals surface area contributed by atoms with Crippen molar-refractivity contribution in [3.8, 4) is 0 Å². The van der Waals surface area contributed by atoms with E-state index in [4.69, 9.17) is 9.84 Å². The Morgan fingerprint density at radius 1 is 1.17 bits per heavy atom. The van der Waals surface area contributed by atoms with Gasteiger partial charge in [0.05, 0.1) is 5.41 Å². The van der Waals surface area contributed by atoms with Crippen LogP contribution in [0, 0.1) is 17.3 Å². The van der Waals surface area contributed by atoms with Gasteiger partial charge in [-0.3, -0.25) is 4.79 Å². The molecule has 18 heavy (non-hydrogen) atoms. The number of esters is 1. The molecule has 1 unspecified atom stereocenters. The van der Waals surface area contributed by atoms with Crippen LogP contribution < -0.4 is 0 Å². The highest BCUT2D eigenvalue weighted by atomic mass is 16.6. The molecule has 0 aliphatic carbocycles. The van der Waals surface area contributed by atoms with Crippen LogP contribution in [0.5, 0.6) is 0 Å². The lowest BCUT2D eigenvalue weighted by Crippen LogP contribution is -2.41. The molecule has 0 spiro atoms. The average molecular weight is 258 g/mol. The van der Waals surface area contributed by atoms with E-state index in [9.17, 15) is 4.79 Å². The van der Waals surface area contributed by atoms with Crippen molar-refractivity contribution in [2.24, 2.45) is 17.3 Å². The molecule has 0 aromatic rings. The first kappa shape index (κ1) is 17.4. The van der Waals surface area contributed by atoms with Crippen molar-refractivity contribution in [2.45, 2.75) is 66.9 Å². The van der Waals surface area contributed by atoms with Crippen LogP contribution in [0.3, 0.4) is 0 Å². The maximum atomic E-state index is 12.4. The molecule has 3 nitrogen and oxygen atoms in total. The highest BCUT2D eigenvalue weighted by molar-refractivity contribution is 5.77. The number of hydrogen-bond acceptors (Lipinski definition) is 3. The van der Waals surface area contributed by atoms with Crippen LogP contribution in [0.25, 0.3) is 0 Å². The highest BCUT2D eigenvalue weighted by Gasteiger charge is 2.41. The topological polar surface area (TPSA) is 46.5 Å². The summed E-state index contributed by atoms with van der Waals surface area (Å²) in [4.78, 5) is 12.4. The van der Waals surface area contributed by atoms with Gasteiger partial charge in [-0.2, -0.15) is 0 Å². The molecule has 0 fully saturated rings. The maximum Gasteiger partial charge on any atom is 0.312 e. The summed E-state index contributed by atoms with van der Waals surface area (Å²) in [5.41, 5.74) is -1.06. The zero-order chi connectivity index (χ0) is 14.6. The Kier molecular flexibility index (Phi) is 6.35. The van der Waals surface area contributed by atoms with E-state index in [1.54, 1.807) is 0 Å². The number of carbonyl (C=O) groups is 1. The molecule has 0 aliphatic rings. The van der Waals surface area contributed by atoms with Crippen LogP contribution in [0.15, 0.2) is 0 Å². The first-order valence-electron chi connectivity index (χ1n) is 6.89. The van der Waals surface area contributed by atoms with E-state index in [1.165, 1.54) is 0 Å². The monoisotopic (exact) mass is 258 g/mol. The Hall–Kier alpha value is -0.570. The smallest absolute Gasteiger partial charge is 0.312 e. The Balaban J connectivity index is 4.88. The summed E-state index contributed by atoms with van der Waals surface area (Å²) in [6, 6.07) is 0. The second kappa shape index (κ2) is 6.55. The lowest BCUT2D eigenvalue weighted by Gasteiger charge is -2.36. The van der Waals surface area contributed by atoms with Gasteiger partial charge in [-0.1, -0.05) is 27.7 Å². The molecule has 1 N–H and O–H groups in total. The Bertz CT molecular complexity index is 269. The highest BCUT2D eigenvalue weighted by Crippen LogP contribution is 2.37. The van der Waals surface area contributed by atoms with Gasteiger partial charge in [0.1, 0.15) is 5.60 Å². The third-order valence-electron chi connectivity index (χ3n) is 3.66. The van der Waals surface area contributed by atoms with Crippen LogP contribution in [-0.4, -0.2) is 23.3 Å². The first-order chi connectivity index (χ1) is 8.05. The molecule has 0 aromatic carbocycles. The summed E-state index contributed by atoms with van der Waals surface area (Å²) in [6.45, 7) is 14.1. The molecule has 0 bridgehead atoms. The van der Waals surface area contributed by atoms with Crippen molar-refractivity contribution >= 4 is 5.97 Å². The van der Waals surface area contributed by atoms with Crippen molar-refractivity contribution in [2.75, 3.05) is 6.61 Å². The van der Waals surface area contributed by atoms with Crippen LogP contribution in [0.4, 0.5) is 0 Å². The standard InChI is InChI=1S/C15H30O3/c1-11(2)10-15(7,12(3)4)13(17)18-14(5,6)8-9-16/h11-12,16H,8-10H2,1-7H3. The summed E-state index contributed by atoms with van der Waals surface area (Å²) in [7, 11) is 0. The Labute approximate surface area is 112 Å². The molecule has 0 heterocycles. The van der Waals surface area contributed by atoms with Crippen molar-refractivity contribution in [1.82, 2.24) is 0 Å². The number of aliphatic hydroxyl groups excluding tert-OH is 1. The normalized spacial score (nSPS) is 15.9. The molecule has 0 rings (SSSR count). The fourth-order valence-corrected chi connectivity index (χ4v) is 2.09. The summed E-state index contributed by atoms with van der Waals surface area (Å²) in [5.74, 6) is 0.535. The van der Waals surface area contributed by atoms with Gasteiger partial charge in [-0.25, -0.2) is 0 Å². The molecule has 108 valence electrons. The molecular formula is C15H30O3. The minimum atomic E-state index is -0.598. The Morgan fingerprint density at radius 2 is 1.67 bits per heavy atom. The third-order valence-corrected chi connectivity index (χ3v) is 3.66. The third kappa shape index (κ3) is 4.97. The van der Waals surface area contributed by atoms with Crippen molar-refractivity contribution < 1.29 is 14.6 Å². The minimum absolute atomic E-state index is 0.0306. The first-order valence-corrected chi connectivity index (χ1v) is 6.89. The molecule has 0 radical (unpaired) electrons. The van der Waals surface area contributed by atoms with E-state index in [-0.39, 0.29) is 18.5 Å². The molecule has 0 aliphatic heterocycles. The quantitative estimate of drug-likeness (QED) is 0.712. The van der Waals surface area contributed by atoms with Gasteiger partial charge in [0.2, 0.25) is 0 Å². The van der Waals surface area contributed by atoms with Gasteiger partial charge in [-0.15, -0.1) is 0 Å². The van der Waals surface area contributed by atoms with Gasteiger partial charge >= 0.3 is 5.97 Å². The molecule has 0 amide bonds. The molecule has 3 heteroatoms. The second-order valence-electron chi connectivity index (χ2n) is 6.79. The molecular weight excluding hydrogens is 228 g/mol. The van der Waals surface area contributed by atoms with Gasteiger partial charge in [0.25, 0.3) is 0 Å². The largest absolute Gasteiger partial charge is 0.459 e. The maximum absolute atomic E-state index is 12.4. The number of hydrogen-bond donors (Lipinski definition) is 1. The number of rotatable bonds is 7. The molecule has 0 aromatic heterocycles. The number of ether oxygens (including phenoxy) is 1. The van der Waals surface area contributed by atoms with Gasteiger partial charge in [-0.05, 0) is 39.0 Å². The predicted octanol–water partition coefficient (Wildman–Crippen LogP) is 3.40. The van der Waals surface area contributed by atoms with Gasteiger partial charge in [0.15, 0.2) is 0 Å². The van der Waals surface area contributed by atoms with Crippen LogP contribution in [-0.2, 0) is 9.53 Å². The molecule has 0 saturated carbocycles. The zero-order valence-electron chi connectivity index (χ0n) is 13.0. The van der Waals surface area contributed by atoms with E-state index in [0.717, 1.165) is 6.42 Å². The summed E-state index contributed by atoms with van der Waals surface area (Å²) >= 11 is 0. The summed E-state index contributed by atoms with van der Waals surface area (Å²) in [5, 5.41) is 8.98. The predicted molar refractivity (Wildman–Crippen MR) is 74.3 cm³/mol. The zero-order valence-corrected chi connectivity index (χ0v) is 13.0. The number of carbonyl (C=O) groups excluding carboxylic acids is 1. The number of aliphatic hydroxyl groups is 1. The average Bonchev–Trinajstić information content (AvgIpc) is 2.14. The van der Waals surface area contributed by atoms with Crippen molar-refractivity contribution in [3.63, 3.8) is 0 Å². The lowest BCUT2D eigenvalue weighted by molar-refractivity contribution is -0.173. The van der Waals surface area contributed by atoms with Crippen LogP contribution in [0.2, 0.25) is 0 Å². The fraction of sp³-hybridized carbons (Fsp3) is 0.933. The lowest BCUT2D eigenvalue weighted by atomic mass is 9.73. The summed E-state index contributed by atoms with van der Waals surface area (Å²) < 4.78 is 5.61. The van der Waals surface area contributed by atoms with E-state index in [0.29, 0.717) is 12.3 Å². The molecule has 0 saturated heterocycles. The van der Waals surface area contributed by atoms with Gasteiger partial charge in [0, 0.05) is 13.0 Å². The van der Waals surface area contributed by atoms with Crippen molar-refractivity contribution in [3.05, 3.63) is 0 Å². The van der Waals surface area contributed by atoms with Crippen LogP contribution >= 0.6 is 0 Å². The van der Waals surface area contributed by atoms with Crippen LogP contribution in [0.1, 0.15) is 61.3 Å².